The first-order chi connectivity index (χ1) is 7.91. The molecule has 0 aromatic carbocycles. The van der Waals surface area contributed by atoms with Gasteiger partial charge in [-0.05, 0) is 17.4 Å². The van der Waals surface area contributed by atoms with Gasteiger partial charge in [-0.3, -0.25) is 0 Å². The average Bonchev–Trinajstić information content (AvgIpc) is 2.65. The molecule has 0 aliphatic carbocycles. The summed E-state index contributed by atoms with van der Waals surface area (Å²) in [5.74, 6) is -2.04. The Balaban J connectivity index is 2.61. The Bertz CT molecular complexity index is 412. The zero-order valence-corrected chi connectivity index (χ0v) is 10.6. The summed E-state index contributed by atoms with van der Waals surface area (Å²) in [4.78, 5) is 21.3. The lowest BCUT2D eigenvalue weighted by molar-refractivity contribution is -0.133. The smallest absolute Gasteiger partial charge is 0.331 e. The fraction of sp³-hybridized carbons (Fsp3) is 0.273. The van der Waals surface area contributed by atoms with E-state index < -0.39 is 11.9 Å². The van der Waals surface area contributed by atoms with E-state index in [2.05, 4.69) is 13.2 Å². The van der Waals surface area contributed by atoms with Crippen molar-refractivity contribution in [2.45, 2.75) is 18.1 Å². The van der Waals surface area contributed by atoms with Crippen molar-refractivity contribution in [3.63, 3.8) is 0 Å². The van der Waals surface area contributed by atoms with Gasteiger partial charge in [0.2, 0.25) is 0 Å². The lowest BCUT2D eigenvalue weighted by Gasteiger charge is -2.13. The van der Waals surface area contributed by atoms with Crippen molar-refractivity contribution in [2.24, 2.45) is 0 Å². The number of aliphatic carboxylic acids is 2. The molecule has 0 spiro atoms. The average molecular weight is 272 g/mol. The molecular weight excluding hydrogens is 260 g/mol. The highest BCUT2D eigenvalue weighted by molar-refractivity contribution is 8.78. The van der Waals surface area contributed by atoms with Gasteiger partial charge in [0.15, 0.2) is 0 Å². The summed E-state index contributed by atoms with van der Waals surface area (Å²) in [6.07, 6.45) is 0.596. The van der Waals surface area contributed by atoms with Crippen molar-refractivity contribution in [2.75, 3.05) is 0 Å². The van der Waals surface area contributed by atoms with Gasteiger partial charge in [0, 0.05) is 22.8 Å². The van der Waals surface area contributed by atoms with Gasteiger partial charge in [-0.1, -0.05) is 34.7 Å². The minimum Gasteiger partial charge on any atom is -0.478 e. The van der Waals surface area contributed by atoms with Crippen LogP contribution in [0.25, 0.3) is 0 Å². The summed E-state index contributed by atoms with van der Waals surface area (Å²) < 4.78 is 0. The predicted molar refractivity (Wildman–Crippen MR) is 69.8 cm³/mol. The van der Waals surface area contributed by atoms with Crippen LogP contribution in [0.4, 0.5) is 0 Å². The lowest BCUT2D eigenvalue weighted by Crippen LogP contribution is -2.11. The molecule has 6 heteroatoms. The van der Waals surface area contributed by atoms with Crippen LogP contribution >= 0.6 is 21.6 Å². The number of carboxylic acids is 2. The van der Waals surface area contributed by atoms with Gasteiger partial charge in [-0.2, -0.15) is 0 Å². The normalized spacial score (nSPS) is 18.6. The van der Waals surface area contributed by atoms with Gasteiger partial charge in [-0.15, -0.1) is 0 Å². The van der Waals surface area contributed by atoms with E-state index in [4.69, 9.17) is 10.2 Å². The lowest BCUT2D eigenvalue weighted by atomic mass is 10.0. The van der Waals surface area contributed by atoms with Crippen molar-refractivity contribution < 1.29 is 19.8 Å². The molecule has 1 aliphatic rings. The summed E-state index contributed by atoms with van der Waals surface area (Å²) in [6.45, 7) is 6.95. The number of carboxylic acid groups (broad SMARTS) is 2. The standard InChI is InChI=1S/C11H12O4S2/c1-6(10(12)13)3-8-5-16-17-9(8)4-7(2)11(14)15/h5,9H,1-4H2,(H,12,13)(H,14,15). The molecule has 1 rings (SSSR count). The molecule has 1 aliphatic heterocycles. The first-order valence-electron chi connectivity index (χ1n) is 4.75. The third-order valence-electron chi connectivity index (χ3n) is 2.24. The first-order valence-corrected chi connectivity index (χ1v) is 7.02. The van der Waals surface area contributed by atoms with E-state index in [1.165, 1.54) is 21.6 Å². The molecule has 92 valence electrons. The van der Waals surface area contributed by atoms with E-state index >= 15 is 0 Å². The second-order valence-corrected chi connectivity index (χ2v) is 5.92. The Labute approximate surface area is 107 Å². The van der Waals surface area contributed by atoms with Gasteiger partial charge in [0.25, 0.3) is 0 Å². The van der Waals surface area contributed by atoms with Gasteiger partial charge >= 0.3 is 11.9 Å². The zero-order valence-electron chi connectivity index (χ0n) is 9.01. The Morgan fingerprint density at radius 2 is 1.82 bits per heavy atom. The van der Waals surface area contributed by atoms with E-state index in [1.54, 1.807) is 0 Å². The van der Waals surface area contributed by atoms with Crippen LogP contribution in [0.5, 0.6) is 0 Å². The zero-order chi connectivity index (χ0) is 13.0. The maximum atomic E-state index is 10.7. The number of carbonyl (C=O) groups is 2. The molecule has 0 fully saturated rings. The quantitative estimate of drug-likeness (QED) is 0.572. The molecule has 0 saturated heterocycles. The van der Waals surface area contributed by atoms with Gasteiger partial charge in [0.1, 0.15) is 0 Å². The molecule has 0 radical (unpaired) electrons. The fourth-order valence-corrected chi connectivity index (χ4v) is 3.95. The van der Waals surface area contributed by atoms with E-state index in [9.17, 15) is 9.59 Å². The molecule has 1 atom stereocenters. The maximum Gasteiger partial charge on any atom is 0.331 e. The highest BCUT2D eigenvalue weighted by Crippen LogP contribution is 2.45. The molecule has 2 N–H and O–H groups in total. The van der Waals surface area contributed by atoms with Crippen molar-refractivity contribution in [3.8, 4) is 0 Å². The van der Waals surface area contributed by atoms with Crippen molar-refractivity contribution in [3.05, 3.63) is 35.3 Å². The largest absolute Gasteiger partial charge is 0.478 e. The predicted octanol–water partition coefficient (Wildman–Crippen LogP) is 2.70. The van der Waals surface area contributed by atoms with Crippen LogP contribution in [-0.4, -0.2) is 27.4 Å². The fourth-order valence-electron chi connectivity index (χ4n) is 1.25. The number of hydrogen-bond donors (Lipinski definition) is 2. The third kappa shape index (κ3) is 3.98. The Kier molecular flexibility index (Phi) is 4.89. The first kappa shape index (κ1) is 13.9. The van der Waals surface area contributed by atoms with Gasteiger partial charge < -0.3 is 10.2 Å². The Morgan fingerprint density at radius 3 is 2.35 bits per heavy atom. The van der Waals surface area contributed by atoms with Crippen molar-refractivity contribution in [1.29, 1.82) is 0 Å². The topological polar surface area (TPSA) is 74.6 Å². The second kappa shape index (κ2) is 5.97. The summed E-state index contributed by atoms with van der Waals surface area (Å²) in [5, 5.41) is 19.3. The van der Waals surface area contributed by atoms with Crippen LogP contribution in [0.2, 0.25) is 0 Å². The van der Waals surface area contributed by atoms with Gasteiger partial charge in [-0.25, -0.2) is 9.59 Å². The molecule has 0 aromatic heterocycles. The van der Waals surface area contributed by atoms with Crippen LogP contribution in [-0.2, 0) is 9.59 Å². The van der Waals surface area contributed by atoms with Crippen molar-refractivity contribution >= 4 is 33.5 Å². The highest BCUT2D eigenvalue weighted by Gasteiger charge is 2.24. The summed E-state index contributed by atoms with van der Waals surface area (Å²) in [6, 6.07) is 0. The second-order valence-electron chi connectivity index (χ2n) is 3.57. The van der Waals surface area contributed by atoms with Crippen molar-refractivity contribution in [1.82, 2.24) is 0 Å². The third-order valence-corrected chi connectivity index (χ3v) is 4.77. The van der Waals surface area contributed by atoms with Crippen LogP contribution in [0.3, 0.4) is 0 Å². The molecule has 1 heterocycles. The molecule has 0 amide bonds. The molecule has 4 nitrogen and oxygen atoms in total. The SMILES string of the molecule is C=C(CC1=CSSC1CC(=C)C(=O)O)C(=O)O. The molecular formula is C11H12O4S2. The Morgan fingerprint density at radius 1 is 1.24 bits per heavy atom. The summed E-state index contributed by atoms with van der Waals surface area (Å²) >= 11 is 0. The van der Waals surface area contributed by atoms with Crippen LogP contribution in [0.1, 0.15) is 12.8 Å². The van der Waals surface area contributed by atoms with E-state index in [1.807, 2.05) is 5.41 Å². The molecule has 0 saturated carbocycles. The molecule has 0 aromatic rings. The van der Waals surface area contributed by atoms with E-state index in [0.29, 0.717) is 6.42 Å². The van der Waals surface area contributed by atoms with Crippen LogP contribution < -0.4 is 0 Å². The minimum absolute atomic E-state index is 0.0281. The molecule has 17 heavy (non-hydrogen) atoms. The maximum absolute atomic E-state index is 10.7. The Hall–Kier alpha value is -1.14. The minimum atomic E-state index is -1.02. The van der Waals surface area contributed by atoms with Gasteiger partial charge in [0.05, 0.1) is 0 Å². The van der Waals surface area contributed by atoms with Crippen LogP contribution in [0, 0.1) is 0 Å². The van der Waals surface area contributed by atoms with Crippen LogP contribution in [0.15, 0.2) is 35.3 Å². The number of rotatable bonds is 6. The number of hydrogen-bond acceptors (Lipinski definition) is 4. The van der Waals surface area contributed by atoms with E-state index in [0.717, 1.165) is 5.57 Å². The summed E-state index contributed by atoms with van der Waals surface area (Å²) in [5.41, 5.74) is 1.15. The monoisotopic (exact) mass is 272 g/mol. The van der Waals surface area contributed by atoms with E-state index in [-0.39, 0.29) is 22.8 Å². The summed E-state index contributed by atoms with van der Waals surface area (Å²) in [7, 11) is 3.00. The molecule has 0 bridgehead atoms. The molecule has 1 unspecified atom stereocenters. The highest BCUT2D eigenvalue weighted by atomic mass is 33.1.